The third-order valence-electron chi connectivity index (χ3n) is 3.42. The third-order valence-corrected chi connectivity index (χ3v) is 3.42. The number of hydrogen-bond acceptors (Lipinski definition) is 2. The van der Waals surface area contributed by atoms with E-state index in [1.165, 1.54) is 32.4 Å². The standard InChI is InChI=1S/C12H26N2/c1-5-12(10(2)3)14(4)9-11-7-6-8-13-11/h10-13H,5-9H2,1-4H3. The van der Waals surface area contributed by atoms with Crippen LogP contribution in [0.15, 0.2) is 0 Å². The third kappa shape index (κ3) is 3.25. The molecule has 0 aromatic heterocycles. The molecule has 1 fully saturated rings. The predicted molar refractivity (Wildman–Crippen MR) is 62.6 cm³/mol. The van der Waals surface area contributed by atoms with Crippen LogP contribution in [0.25, 0.3) is 0 Å². The molecule has 0 saturated carbocycles. The van der Waals surface area contributed by atoms with E-state index in [0.29, 0.717) is 0 Å². The largest absolute Gasteiger partial charge is 0.313 e. The second-order valence-electron chi connectivity index (χ2n) is 4.95. The number of rotatable bonds is 5. The Hall–Kier alpha value is -0.0800. The normalized spacial score (nSPS) is 24.9. The minimum absolute atomic E-state index is 0.743. The average molecular weight is 198 g/mol. The molecule has 2 heteroatoms. The van der Waals surface area contributed by atoms with Crippen LogP contribution in [0.3, 0.4) is 0 Å². The van der Waals surface area contributed by atoms with E-state index in [4.69, 9.17) is 0 Å². The summed E-state index contributed by atoms with van der Waals surface area (Å²) in [5.74, 6) is 0.770. The van der Waals surface area contributed by atoms with Crippen molar-refractivity contribution in [2.24, 2.45) is 5.92 Å². The number of nitrogens with one attached hydrogen (secondary N) is 1. The van der Waals surface area contributed by atoms with Gasteiger partial charge in [-0.05, 0) is 38.8 Å². The van der Waals surface area contributed by atoms with Gasteiger partial charge in [-0.1, -0.05) is 20.8 Å². The molecule has 1 saturated heterocycles. The summed E-state index contributed by atoms with van der Waals surface area (Å²) in [5.41, 5.74) is 0. The van der Waals surface area contributed by atoms with Gasteiger partial charge in [-0.25, -0.2) is 0 Å². The molecule has 2 unspecified atom stereocenters. The highest BCUT2D eigenvalue weighted by atomic mass is 15.2. The first-order chi connectivity index (χ1) is 6.65. The SMILES string of the molecule is CCC(C(C)C)N(C)CC1CCCN1. The van der Waals surface area contributed by atoms with Gasteiger partial charge < -0.3 is 10.2 Å². The van der Waals surface area contributed by atoms with Crippen LogP contribution >= 0.6 is 0 Å². The zero-order valence-corrected chi connectivity index (χ0v) is 10.2. The van der Waals surface area contributed by atoms with Crippen LogP contribution < -0.4 is 5.32 Å². The maximum atomic E-state index is 3.56. The van der Waals surface area contributed by atoms with E-state index in [9.17, 15) is 0 Å². The predicted octanol–water partition coefficient (Wildman–Crippen LogP) is 2.10. The van der Waals surface area contributed by atoms with Gasteiger partial charge in [-0.2, -0.15) is 0 Å². The maximum absolute atomic E-state index is 3.56. The molecule has 1 aliphatic heterocycles. The molecule has 0 radical (unpaired) electrons. The van der Waals surface area contributed by atoms with Gasteiger partial charge in [0.05, 0.1) is 0 Å². The summed E-state index contributed by atoms with van der Waals surface area (Å²) in [6.45, 7) is 9.39. The van der Waals surface area contributed by atoms with Crippen molar-refractivity contribution in [2.45, 2.75) is 52.1 Å². The average Bonchev–Trinajstić information content (AvgIpc) is 2.57. The Morgan fingerprint density at radius 3 is 2.57 bits per heavy atom. The lowest BCUT2D eigenvalue weighted by molar-refractivity contribution is 0.173. The van der Waals surface area contributed by atoms with E-state index in [2.05, 4.69) is 38.0 Å². The van der Waals surface area contributed by atoms with E-state index in [1.54, 1.807) is 0 Å². The summed E-state index contributed by atoms with van der Waals surface area (Å²) < 4.78 is 0. The van der Waals surface area contributed by atoms with E-state index in [-0.39, 0.29) is 0 Å². The first-order valence-electron chi connectivity index (χ1n) is 6.08. The molecule has 0 aromatic rings. The summed E-state index contributed by atoms with van der Waals surface area (Å²) in [6.07, 6.45) is 3.98. The lowest BCUT2D eigenvalue weighted by Gasteiger charge is -2.32. The number of hydrogen-bond donors (Lipinski definition) is 1. The van der Waals surface area contributed by atoms with Crippen LogP contribution in [-0.2, 0) is 0 Å². The number of nitrogens with zero attached hydrogens (tertiary/aromatic N) is 1. The van der Waals surface area contributed by atoms with Crippen LogP contribution in [0.2, 0.25) is 0 Å². The fourth-order valence-electron chi connectivity index (χ4n) is 2.69. The van der Waals surface area contributed by atoms with E-state index < -0.39 is 0 Å². The van der Waals surface area contributed by atoms with Crippen LogP contribution in [0.4, 0.5) is 0 Å². The molecule has 2 atom stereocenters. The summed E-state index contributed by atoms with van der Waals surface area (Å²) in [5, 5.41) is 3.56. The van der Waals surface area contributed by atoms with E-state index >= 15 is 0 Å². The van der Waals surface area contributed by atoms with Crippen molar-refractivity contribution in [2.75, 3.05) is 20.1 Å². The molecule has 1 N–H and O–H groups in total. The van der Waals surface area contributed by atoms with Crippen molar-refractivity contribution in [3.05, 3.63) is 0 Å². The fraction of sp³-hybridized carbons (Fsp3) is 1.00. The molecular weight excluding hydrogens is 172 g/mol. The monoisotopic (exact) mass is 198 g/mol. The Morgan fingerprint density at radius 1 is 1.43 bits per heavy atom. The van der Waals surface area contributed by atoms with Crippen molar-refractivity contribution in [1.29, 1.82) is 0 Å². The van der Waals surface area contributed by atoms with E-state index in [0.717, 1.165) is 18.0 Å². The van der Waals surface area contributed by atoms with Gasteiger partial charge in [0.15, 0.2) is 0 Å². The Kier molecular flexibility index (Phi) is 4.90. The summed E-state index contributed by atoms with van der Waals surface area (Å²) in [6, 6.07) is 1.49. The van der Waals surface area contributed by atoms with Crippen LogP contribution in [0.1, 0.15) is 40.0 Å². The molecule has 14 heavy (non-hydrogen) atoms. The first-order valence-corrected chi connectivity index (χ1v) is 6.08. The molecule has 0 aromatic carbocycles. The molecule has 0 amide bonds. The quantitative estimate of drug-likeness (QED) is 0.728. The van der Waals surface area contributed by atoms with Gasteiger partial charge >= 0.3 is 0 Å². The maximum Gasteiger partial charge on any atom is 0.0195 e. The van der Waals surface area contributed by atoms with Crippen LogP contribution in [0.5, 0.6) is 0 Å². The highest BCUT2D eigenvalue weighted by molar-refractivity contribution is 4.80. The Balaban J connectivity index is 2.34. The smallest absolute Gasteiger partial charge is 0.0195 e. The molecule has 0 aliphatic carbocycles. The van der Waals surface area contributed by atoms with Gasteiger partial charge in [0.1, 0.15) is 0 Å². The van der Waals surface area contributed by atoms with Gasteiger partial charge in [0.2, 0.25) is 0 Å². The minimum atomic E-state index is 0.743. The molecule has 84 valence electrons. The topological polar surface area (TPSA) is 15.3 Å². The van der Waals surface area contributed by atoms with Gasteiger partial charge in [0, 0.05) is 18.6 Å². The van der Waals surface area contributed by atoms with Gasteiger partial charge in [0.25, 0.3) is 0 Å². The second kappa shape index (κ2) is 5.72. The zero-order valence-electron chi connectivity index (χ0n) is 10.2. The van der Waals surface area contributed by atoms with Crippen LogP contribution in [0, 0.1) is 5.92 Å². The molecular formula is C12H26N2. The Bertz CT molecular complexity index is 150. The van der Waals surface area contributed by atoms with Crippen molar-refractivity contribution in [1.82, 2.24) is 10.2 Å². The second-order valence-corrected chi connectivity index (χ2v) is 4.95. The minimum Gasteiger partial charge on any atom is -0.313 e. The molecule has 1 rings (SSSR count). The molecule has 0 spiro atoms. The first kappa shape index (κ1) is 12.0. The highest BCUT2D eigenvalue weighted by Gasteiger charge is 2.21. The summed E-state index contributed by atoms with van der Waals surface area (Å²) in [7, 11) is 2.27. The summed E-state index contributed by atoms with van der Waals surface area (Å²) in [4.78, 5) is 2.54. The van der Waals surface area contributed by atoms with E-state index in [1.807, 2.05) is 0 Å². The van der Waals surface area contributed by atoms with Crippen molar-refractivity contribution < 1.29 is 0 Å². The molecule has 2 nitrogen and oxygen atoms in total. The Labute approximate surface area is 89.1 Å². The zero-order chi connectivity index (χ0) is 10.6. The lowest BCUT2D eigenvalue weighted by Crippen LogP contribution is -2.42. The number of likely N-dealkylation sites (N-methyl/N-ethyl adjacent to an activating group) is 1. The van der Waals surface area contributed by atoms with Crippen molar-refractivity contribution >= 4 is 0 Å². The lowest BCUT2D eigenvalue weighted by atomic mass is 10.00. The molecule has 0 bridgehead atoms. The fourth-order valence-corrected chi connectivity index (χ4v) is 2.69. The van der Waals surface area contributed by atoms with Gasteiger partial charge in [-0.15, -0.1) is 0 Å². The van der Waals surface area contributed by atoms with Crippen molar-refractivity contribution in [3.8, 4) is 0 Å². The Morgan fingerprint density at radius 2 is 2.14 bits per heavy atom. The van der Waals surface area contributed by atoms with Crippen molar-refractivity contribution in [3.63, 3.8) is 0 Å². The van der Waals surface area contributed by atoms with Gasteiger partial charge in [-0.3, -0.25) is 0 Å². The summed E-state index contributed by atoms with van der Waals surface area (Å²) >= 11 is 0. The molecule has 1 heterocycles. The van der Waals surface area contributed by atoms with Crippen LogP contribution in [-0.4, -0.2) is 37.1 Å². The molecule has 1 aliphatic rings. The highest BCUT2D eigenvalue weighted by Crippen LogP contribution is 2.15.